The quantitative estimate of drug-likeness (QED) is 0.169. The zero-order valence-electron chi connectivity index (χ0n) is 29.0. The van der Waals surface area contributed by atoms with Crippen molar-refractivity contribution in [3.05, 3.63) is 91.9 Å². The smallest absolute Gasteiger partial charge is 0.416 e. The number of carbonyl (C=O) groups is 2. The molecule has 0 radical (unpaired) electrons. The molecule has 0 saturated carbocycles. The first kappa shape index (κ1) is 38.3. The van der Waals surface area contributed by atoms with E-state index in [9.17, 15) is 37.1 Å². The summed E-state index contributed by atoms with van der Waals surface area (Å²) in [7, 11) is 1.87. The average Bonchev–Trinajstić information content (AvgIpc) is 3.00. The number of pyridine rings is 1. The number of hydrogen-bond acceptors (Lipinski definition) is 4. The molecular formula is C38H42F5N3O4. The second-order valence-electron chi connectivity index (χ2n) is 13.5. The minimum atomic E-state index is -4.80. The SMILES string of the molecule is CC#Cc1cc(-c2c(C)cc(F)cc2C)cc(C(CC(=O)O)NC(=O)C(CC(C)C)n2cc(C3CCN(C)CC3)c(C(F)(F)F)cc2=O)c1F. The Kier molecular flexibility index (Phi) is 11.9. The Hall–Kier alpha value is -4.50. The Morgan fingerprint density at radius 3 is 2.20 bits per heavy atom. The van der Waals surface area contributed by atoms with Crippen LogP contribution in [0.2, 0.25) is 0 Å². The Morgan fingerprint density at radius 1 is 1.04 bits per heavy atom. The molecule has 0 aliphatic carbocycles. The fourth-order valence-corrected chi connectivity index (χ4v) is 6.81. The van der Waals surface area contributed by atoms with E-state index in [1.807, 2.05) is 11.9 Å². The zero-order chi connectivity index (χ0) is 37.1. The first-order valence-corrected chi connectivity index (χ1v) is 16.5. The van der Waals surface area contributed by atoms with Crippen LogP contribution in [0.15, 0.2) is 41.3 Å². The molecule has 2 aromatic carbocycles. The number of carboxylic acids is 1. The van der Waals surface area contributed by atoms with E-state index in [1.165, 1.54) is 31.2 Å². The zero-order valence-corrected chi connectivity index (χ0v) is 29.0. The molecule has 0 spiro atoms. The summed E-state index contributed by atoms with van der Waals surface area (Å²) in [6.45, 7) is 9.50. The predicted molar refractivity (Wildman–Crippen MR) is 181 cm³/mol. The van der Waals surface area contributed by atoms with E-state index in [0.29, 0.717) is 54.3 Å². The Balaban J connectivity index is 1.86. The highest BCUT2D eigenvalue weighted by molar-refractivity contribution is 5.82. The summed E-state index contributed by atoms with van der Waals surface area (Å²) in [5.74, 6) is 1.02. The van der Waals surface area contributed by atoms with Crippen LogP contribution in [0.1, 0.15) is 97.8 Å². The lowest BCUT2D eigenvalue weighted by atomic mass is 9.87. The van der Waals surface area contributed by atoms with E-state index in [4.69, 9.17) is 0 Å². The van der Waals surface area contributed by atoms with Gasteiger partial charge in [0.25, 0.3) is 5.56 Å². The largest absolute Gasteiger partial charge is 0.481 e. The lowest BCUT2D eigenvalue weighted by Crippen LogP contribution is -2.41. The van der Waals surface area contributed by atoms with E-state index in [1.54, 1.807) is 27.7 Å². The van der Waals surface area contributed by atoms with Crippen molar-refractivity contribution in [3.8, 4) is 23.0 Å². The van der Waals surface area contributed by atoms with Crippen LogP contribution in [-0.2, 0) is 15.8 Å². The maximum atomic E-state index is 16.1. The third-order valence-electron chi connectivity index (χ3n) is 9.13. The number of nitrogens with one attached hydrogen (secondary N) is 1. The van der Waals surface area contributed by atoms with Crippen molar-refractivity contribution in [3.63, 3.8) is 0 Å². The van der Waals surface area contributed by atoms with Crippen LogP contribution < -0.4 is 10.9 Å². The third-order valence-corrected chi connectivity index (χ3v) is 9.13. The topological polar surface area (TPSA) is 91.6 Å². The van der Waals surface area contributed by atoms with Crippen molar-refractivity contribution in [1.29, 1.82) is 0 Å². The minimum absolute atomic E-state index is 0.0206. The lowest BCUT2D eigenvalue weighted by Gasteiger charge is -2.32. The third kappa shape index (κ3) is 8.80. The van der Waals surface area contributed by atoms with Crippen molar-refractivity contribution in [2.75, 3.05) is 20.1 Å². The average molecular weight is 700 g/mol. The first-order valence-electron chi connectivity index (χ1n) is 16.5. The Labute approximate surface area is 288 Å². The van der Waals surface area contributed by atoms with Gasteiger partial charge in [-0.15, -0.1) is 5.92 Å². The second-order valence-corrected chi connectivity index (χ2v) is 13.5. The molecule has 2 heterocycles. The van der Waals surface area contributed by atoms with Gasteiger partial charge in [0.05, 0.1) is 23.6 Å². The number of amides is 1. The monoisotopic (exact) mass is 699 g/mol. The molecule has 1 fully saturated rings. The summed E-state index contributed by atoms with van der Waals surface area (Å²) >= 11 is 0. The Bertz CT molecular complexity index is 1860. The standard InChI is InChI=1S/C38H42F5N3O4/c1-7-8-25-16-26(35-22(4)14-27(39)15-23(35)5)17-28(36(25)40)31(19-34(48)49)44-37(50)32(13-21(2)3)46-20-29(24-9-11-45(6)12-10-24)30(18-33(46)47)38(41,42)43/h14-18,20-21,24,31-32H,9-13,19H2,1-6H3,(H,44,50)(H,48,49). The van der Waals surface area contributed by atoms with Gasteiger partial charge in [0.15, 0.2) is 0 Å². The highest BCUT2D eigenvalue weighted by Crippen LogP contribution is 2.39. The summed E-state index contributed by atoms with van der Waals surface area (Å²) in [4.78, 5) is 41.6. The molecule has 1 saturated heterocycles. The van der Waals surface area contributed by atoms with Gasteiger partial charge in [-0.1, -0.05) is 19.8 Å². The van der Waals surface area contributed by atoms with E-state index in [-0.39, 0.29) is 29.0 Å². The molecule has 268 valence electrons. The number of nitrogens with zero attached hydrogens (tertiary/aromatic N) is 2. The molecule has 2 N–H and O–H groups in total. The van der Waals surface area contributed by atoms with Gasteiger partial charge >= 0.3 is 12.1 Å². The van der Waals surface area contributed by atoms with Gasteiger partial charge in [-0.3, -0.25) is 14.4 Å². The number of rotatable bonds is 10. The molecule has 2 unspecified atom stereocenters. The molecule has 1 aliphatic heterocycles. The first-order chi connectivity index (χ1) is 23.4. The van der Waals surface area contributed by atoms with Crippen molar-refractivity contribution in [2.24, 2.45) is 5.92 Å². The van der Waals surface area contributed by atoms with Gasteiger partial charge in [-0.2, -0.15) is 13.2 Å². The van der Waals surface area contributed by atoms with Crippen molar-refractivity contribution >= 4 is 11.9 Å². The molecule has 1 aromatic heterocycles. The molecule has 0 bridgehead atoms. The number of halogens is 5. The molecule has 12 heteroatoms. The number of aliphatic carboxylic acids is 1. The summed E-state index contributed by atoms with van der Waals surface area (Å²) in [6, 6.07) is 3.19. The fourth-order valence-electron chi connectivity index (χ4n) is 6.81. The molecule has 4 rings (SSSR count). The van der Waals surface area contributed by atoms with E-state index in [2.05, 4.69) is 17.2 Å². The number of likely N-dealkylation sites (tertiary alicyclic amines) is 1. The number of benzene rings is 2. The summed E-state index contributed by atoms with van der Waals surface area (Å²) in [6.07, 6.45) is -3.58. The highest BCUT2D eigenvalue weighted by Gasteiger charge is 2.38. The Morgan fingerprint density at radius 2 is 1.66 bits per heavy atom. The normalized spacial score (nSPS) is 15.4. The van der Waals surface area contributed by atoms with Crippen LogP contribution in [0.25, 0.3) is 11.1 Å². The van der Waals surface area contributed by atoms with Gasteiger partial charge in [0.1, 0.15) is 17.7 Å². The van der Waals surface area contributed by atoms with E-state index in [0.717, 1.165) is 10.8 Å². The van der Waals surface area contributed by atoms with E-state index >= 15 is 4.39 Å². The molecule has 50 heavy (non-hydrogen) atoms. The maximum Gasteiger partial charge on any atom is 0.416 e. The summed E-state index contributed by atoms with van der Waals surface area (Å²) in [5.41, 5.74) is -0.386. The van der Waals surface area contributed by atoms with E-state index < -0.39 is 65.2 Å². The van der Waals surface area contributed by atoms with Crippen LogP contribution in [-0.4, -0.2) is 46.6 Å². The van der Waals surface area contributed by atoms with Crippen LogP contribution in [0.3, 0.4) is 0 Å². The van der Waals surface area contributed by atoms with Gasteiger partial charge in [0.2, 0.25) is 5.91 Å². The van der Waals surface area contributed by atoms with Crippen molar-refractivity contribution < 1.29 is 36.6 Å². The van der Waals surface area contributed by atoms with Crippen molar-refractivity contribution in [2.45, 2.75) is 84.5 Å². The highest BCUT2D eigenvalue weighted by atomic mass is 19.4. The summed E-state index contributed by atoms with van der Waals surface area (Å²) < 4.78 is 74.0. The number of aryl methyl sites for hydroxylation is 2. The van der Waals surface area contributed by atoms with Gasteiger partial charge < -0.3 is 19.9 Å². The van der Waals surface area contributed by atoms with Gasteiger partial charge in [-0.05, 0) is 124 Å². The molecule has 2 atom stereocenters. The van der Waals surface area contributed by atoms with Gasteiger partial charge in [-0.25, -0.2) is 8.78 Å². The minimum Gasteiger partial charge on any atom is -0.481 e. The predicted octanol–water partition coefficient (Wildman–Crippen LogP) is 7.53. The number of aromatic nitrogens is 1. The van der Waals surface area contributed by atoms with Crippen molar-refractivity contribution in [1.82, 2.24) is 14.8 Å². The van der Waals surface area contributed by atoms with Crippen LogP contribution in [0.4, 0.5) is 22.0 Å². The number of hydrogen-bond donors (Lipinski definition) is 2. The number of carbonyl (C=O) groups excluding carboxylic acids is 1. The van der Waals surface area contributed by atoms with Crippen LogP contribution in [0.5, 0.6) is 0 Å². The molecular weight excluding hydrogens is 657 g/mol. The maximum absolute atomic E-state index is 16.1. The van der Waals surface area contributed by atoms with Gasteiger partial charge in [0, 0.05) is 17.8 Å². The molecule has 1 aliphatic rings. The number of carboxylic acid groups (broad SMARTS) is 1. The second kappa shape index (κ2) is 15.6. The molecule has 1 amide bonds. The lowest BCUT2D eigenvalue weighted by molar-refractivity contribution is -0.139. The molecule has 7 nitrogen and oxygen atoms in total. The van der Waals surface area contributed by atoms with Crippen LogP contribution >= 0.6 is 0 Å². The number of piperidine rings is 1. The fraction of sp³-hybridized carbons (Fsp3) is 0.447. The van der Waals surface area contributed by atoms with Crippen LogP contribution in [0, 0.1) is 43.2 Å². The summed E-state index contributed by atoms with van der Waals surface area (Å²) in [5, 5.41) is 12.5. The molecule has 3 aromatic rings. The number of alkyl halides is 3.